The summed E-state index contributed by atoms with van der Waals surface area (Å²) in [5, 5.41) is 0. The zero-order valence-corrected chi connectivity index (χ0v) is 28.0. The Balaban J connectivity index is 2.33. The molecule has 0 heterocycles. The molecule has 0 spiro atoms. The van der Waals surface area contributed by atoms with Crippen molar-refractivity contribution in [3.05, 3.63) is 84.4 Å². The molecule has 0 radical (unpaired) electrons. The van der Waals surface area contributed by atoms with Crippen molar-refractivity contribution in [3.63, 3.8) is 0 Å². The Morgan fingerprint density at radius 3 is 1.68 bits per heavy atom. The Morgan fingerprint density at radius 2 is 1.20 bits per heavy atom. The number of aryl methyl sites for hydroxylation is 1. The molecular weight excluding hydrogens is 529 g/mol. The second-order valence-electron chi connectivity index (χ2n) is 11.0. The molecule has 0 fully saturated rings. The van der Waals surface area contributed by atoms with E-state index in [9.17, 15) is 4.79 Å². The zero-order valence-electron chi connectivity index (χ0n) is 26.0. The fourth-order valence-electron chi connectivity index (χ4n) is 5.62. The normalized spacial score (nSPS) is 14.3. The van der Waals surface area contributed by atoms with Gasteiger partial charge in [-0.05, 0) is 73.2 Å². The van der Waals surface area contributed by atoms with Gasteiger partial charge in [0, 0.05) is 12.5 Å². The summed E-state index contributed by atoms with van der Waals surface area (Å²) in [5.74, 6) is -0.319. The molecule has 0 N–H and O–H groups in total. The van der Waals surface area contributed by atoms with Crippen LogP contribution in [0.15, 0.2) is 73.3 Å². The number of hydrogen-bond donors (Lipinski definition) is 0. The molecule has 3 atom stereocenters. The van der Waals surface area contributed by atoms with Crippen LogP contribution in [0.25, 0.3) is 0 Å². The van der Waals surface area contributed by atoms with Crippen molar-refractivity contribution < 1.29 is 18.4 Å². The molecule has 0 saturated heterocycles. The van der Waals surface area contributed by atoms with Crippen molar-refractivity contribution in [2.75, 3.05) is 0 Å². The van der Waals surface area contributed by atoms with Crippen molar-refractivity contribution in [1.82, 2.24) is 0 Å². The summed E-state index contributed by atoms with van der Waals surface area (Å²) >= 11 is 0. The highest BCUT2D eigenvalue weighted by molar-refractivity contribution is 6.74. The summed E-state index contributed by atoms with van der Waals surface area (Å²) < 4.78 is 20.3. The molecule has 0 bridgehead atoms. The first-order chi connectivity index (χ1) is 19.3. The van der Waals surface area contributed by atoms with E-state index in [2.05, 4.69) is 78.5 Å². The molecule has 0 aliphatic heterocycles. The van der Waals surface area contributed by atoms with Crippen LogP contribution in [-0.2, 0) is 20.0 Å². The molecule has 0 aliphatic rings. The molecular formula is C34H54O4Si2. The van der Waals surface area contributed by atoms with Crippen LogP contribution in [0.5, 0.6) is 0 Å². The summed E-state index contributed by atoms with van der Waals surface area (Å²) in [6.07, 6.45) is 4.72. The number of carbonyl (C=O) groups excluding carboxylic acids is 1. The Bertz CT molecular complexity index is 957. The minimum absolute atomic E-state index is 0.0591. The third-order valence-electron chi connectivity index (χ3n) is 8.85. The maximum atomic E-state index is 12.9. The quantitative estimate of drug-likeness (QED) is 0.0886. The lowest BCUT2D eigenvalue weighted by Gasteiger charge is -2.38. The molecule has 0 amide bonds. The Labute approximate surface area is 246 Å². The van der Waals surface area contributed by atoms with Gasteiger partial charge in [-0.25, -0.2) is 4.79 Å². The van der Waals surface area contributed by atoms with E-state index in [4.69, 9.17) is 13.6 Å². The summed E-state index contributed by atoms with van der Waals surface area (Å²) in [5.41, 5.74) is 1.89. The molecule has 2 aromatic carbocycles. The standard InChI is InChI=1S/C34H54O4Si2/c1-8-31(36-34(35)30-23-19-16-20-24-30)27-33(38-40(12-5,13-6)14-7)28-32(37-39(9-2,10-3)11-4)26-25-29-21-17-15-18-22-29/h8,15-24,31-33H,1,9-14,25-28H2,2-7H3/t31-,32-,33+/m1/s1. The Morgan fingerprint density at radius 1 is 0.725 bits per heavy atom. The Hall–Kier alpha value is -2.00. The van der Waals surface area contributed by atoms with Gasteiger partial charge in [-0.2, -0.15) is 0 Å². The average Bonchev–Trinajstić information content (AvgIpc) is 3.01. The van der Waals surface area contributed by atoms with E-state index in [1.807, 2.05) is 18.2 Å². The minimum atomic E-state index is -1.92. The summed E-state index contributed by atoms with van der Waals surface area (Å²) in [6.45, 7) is 17.7. The largest absolute Gasteiger partial charge is 0.454 e. The van der Waals surface area contributed by atoms with Crippen molar-refractivity contribution in [2.24, 2.45) is 0 Å². The van der Waals surface area contributed by atoms with Crippen LogP contribution < -0.4 is 0 Å². The lowest BCUT2D eigenvalue weighted by molar-refractivity contribution is 0.0217. The molecule has 222 valence electrons. The van der Waals surface area contributed by atoms with Crippen LogP contribution in [0.2, 0.25) is 36.3 Å². The second kappa shape index (κ2) is 17.7. The highest BCUT2D eigenvalue weighted by atomic mass is 28.4. The van der Waals surface area contributed by atoms with Crippen LogP contribution in [0.3, 0.4) is 0 Å². The highest BCUT2D eigenvalue weighted by Crippen LogP contribution is 2.31. The van der Waals surface area contributed by atoms with E-state index >= 15 is 0 Å². The van der Waals surface area contributed by atoms with Crippen molar-refractivity contribution in [1.29, 1.82) is 0 Å². The molecule has 4 nitrogen and oxygen atoms in total. The SMILES string of the molecule is C=C[C@H](C[C@@H](C[C@@H](CCc1ccccc1)O[Si](CC)(CC)CC)O[Si](CC)(CC)CC)OC(=O)c1ccccc1. The van der Waals surface area contributed by atoms with Crippen LogP contribution in [-0.4, -0.2) is 40.9 Å². The smallest absolute Gasteiger partial charge is 0.338 e. The lowest BCUT2D eigenvalue weighted by atomic mass is 10.00. The van der Waals surface area contributed by atoms with Gasteiger partial charge in [0.05, 0.1) is 11.7 Å². The minimum Gasteiger partial charge on any atom is -0.454 e. The monoisotopic (exact) mass is 582 g/mol. The van der Waals surface area contributed by atoms with E-state index in [1.54, 1.807) is 18.2 Å². The number of benzene rings is 2. The van der Waals surface area contributed by atoms with E-state index in [0.29, 0.717) is 12.0 Å². The first kappa shape index (κ1) is 34.2. The molecule has 2 rings (SSSR count). The average molecular weight is 583 g/mol. The predicted octanol–water partition coefficient (Wildman–Crippen LogP) is 9.59. The first-order valence-electron chi connectivity index (χ1n) is 15.6. The fraction of sp³-hybridized carbons (Fsp3) is 0.559. The predicted molar refractivity (Wildman–Crippen MR) is 174 cm³/mol. The molecule has 0 saturated carbocycles. The highest BCUT2D eigenvalue weighted by Gasteiger charge is 2.37. The second-order valence-corrected chi connectivity index (χ2v) is 20.5. The van der Waals surface area contributed by atoms with Gasteiger partial charge in [0.25, 0.3) is 0 Å². The molecule has 6 heteroatoms. The molecule has 0 aromatic heterocycles. The molecule has 40 heavy (non-hydrogen) atoms. The summed E-state index contributed by atoms with van der Waals surface area (Å²) in [7, 11) is -3.76. The number of hydrogen-bond acceptors (Lipinski definition) is 4. The number of ether oxygens (including phenoxy) is 1. The van der Waals surface area contributed by atoms with Crippen LogP contribution in [0, 0.1) is 0 Å². The van der Waals surface area contributed by atoms with Crippen molar-refractivity contribution in [2.45, 2.75) is 122 Å². The van der Waals surface area contributed by atoms with E-state index in [1.165, 1.54) is 5.56 Å². The van der Waals surface area contributed by atoms with E-state index in [0.717, 1.165) is 55.5 Å². The van der Waals surface area contributed by atoms with Gasteiger partial charge < -0.3 is 13.6 Å². The maximum Gasteiger partial charge on any atom is 0.338 e. The molecule has 0 aliphatic carbocycles. The van der Waals surface area contributed by atoms with E-state index < -0.39 is 22.7 Å². The third kappa shape index (κ3) is 10.4. The van der Waals surface area contributed by atoms with Crippen molar-refractivity contribution >= 4 is 22.6 Å². The number of rotatable bonds is 20. The number of esters is 1. The van der Waals surface area contributed by atoms with E-state index in [-0.39, 0.29) is 18.2 Å². The van der Waals surface area contributed by atoms with Gasteiger partial charge >= 0.3 is 5.97 Å². The van der Waals surface area contributed by atoms with Crippen molar-refractivity contribution in [3.8, 4) is 0 Å². The van der Waals surface area contributed by atoms with Gasteiger partial charge in [0.1, 0.15) is 6.10 Å². The zero-order chi connectivity index (χ0) is 29.4. The third-order valence-corrected chi connectivity index (χ3v) is 18.2. The van der Waals surface area contributed by atoms with Gasteiger partial charge in [0.15, 0.2) is 16.6 Å². The lowest BCUT2D eigenvalue weighted by Crippen LogP contribution is -2.45. The molecule has 2 aromatic rings. The topological polar surface area (TPSA) is 44.8 Å². The van der Waals surface area contributed by atoms with Gasteiger partial charge in [-0.1, -0.05) is 103 Å². The fourth-order valence-corrected chi connectivity index (χ4v) is 11.4. The summed E-state index contributed by atoms with van der Waals surface area (Å²) in [6, 6.07) is 26.5. The molecule has 0 unspecified atom stereocenters. The van der Waals surface area contributed by atoms with Crippen LogP contribution >= 0.6 is 0 Å². The maximum absolute atomic E-state index is 12.9. The summed E-state index contributed by atoms with van der Waals surface area (Å²) in [4.78, 5) is 12.9. The van der Waals surface area contributed by atoms with Gasteiger partial charge in [-0.15, -0.1) is 0 Å². The first-order valence-corrected chi connectivity index (χ1v) is 20.7. The van der Waals surface area contributed by atoms with Crippen LogP contribution in [0.4, 0.5) is 0 Å². The number of carbonyl (C=O) groups is 1. The van der Waals surface area contributed by atoms with Crippen LogP contribution in [0.1, 0.15) is 76.7 Å². The van der Waals surface area contributed by atoms with Gasteiger partial charge in [0.2, 0.25) is 0 Å². The van der Waals surface area contributed by atoms with Gasteiger partial charge in [-0.3, -0.25) is 0 Å². The Kier molecular flexibility index (Phi) is 15.2.